The Kier molecular flexibility index (Phi) is 8.01. The second-order valence-electron chi connectivity index (χ2n) is 5.93. The van der Waals surface area contributed by atoms with Crippen LogP contribution in [0.4, 0.5) is 16.2 Å². The highest BCUT2D eigenvalue weighted by Gasteiger charge is 2.21. The molecule has 0 spiro atoms. The van der Waals surface area contributed by atoms with Gasteiger partial charge in [0.25, 0.3) is 0 Å². The van der Waals surface area contributed by atoms with Crippen LogP contribution in [0.15, 0.2) is 36.7 Å². The maximum Gasteiger partial charge on any atom is 0.323 e. The van der Waals surface area contributed by atoms with Crippen LogP contribution in [0, 0.1) is 0 Å². The Morgan fingerprint density at radius 3 is 2.34 bits per heavy atom. The molecule has 156 valence electrons. The maximum absolute atomic E-state index is 12.3. The highest BCUT2D eigenvalue weighted by molar-refractivity contribution is 6.00. The van der Waals surface area contributed by atoms with Crippen molar-refractivity contribution in [2.24, 2.45) is 0 Å². The summed E-state index contributed by atoms with van der Waals surface area (Å²) in [6.45, 7) is 2.32. The number of nitrogens with zero attached hydrogens (tertiary/aromatic N) is 2. The van der Waals surface area contributed by atoms with E-state index >= 15 is 0 Å². The summed E-state index contributed by atoms with van der Waals surface area (Å²) < 4.78 is 16.2. The second-order valence-corrected chi connectivity index (χ2v) is 5.93. The molecule has 2 rings (SSSR count). The number of hydrogen-bond donors (Lipinski definition) is 2. The molecule has 0 bridgehead atoms. The molecule has 10 nitrogen and oxygen atoms in total. The highest BCUT2D eigenvalue weighted by atomic mass is 16.5. The minimum atomic E-state index is -0.604. The van der Waals surface area contributed by atoms with Crippen LogP contribution in [0.2, 0.25) is 0 Å². The first kappa shape index (κ1) is 21.7. The fraction of sp³-hybridized carbons (Fsp3) is 0.368. The van der Waals surface area contributed by atoms with Crippen molar-refractivity contribution >= 4 is 29.3 Å². The van der Waals surface area contributed by atoms with Crippen molar-refractivity contribution in [1.29, 1.82) is 0 Å². The molecule has 10 heteroatoms. The molecule has 1 aromatic carbocycles. The molecular weight excluding hydrogens is 380 g/mol. The van der Waals surface area contributed by atoms with E-state index < -0.39 is 24.0 Å². The van der Waals surface area contributed by atoms with Crippen molar-refractivity contribution < 1.29 is 28.6 Å². The highest BCUT2D eigenvalue weighted by Crippen LogP contribution is 2.24. The van der Waals surface area contributed by atoms with Crippen LogP contribution in [0.1, 0.15) is 25.8 Å². The number of aromatic nitrogens is 2. The number of benzene rings is 1. The van der Waals surface area contributed by atoms with Crippen LogP contribution < -0.4 is 15.4 Å². The molecule has 0 atom stereocenters. The van der Waals surface area contributed by atoms with Gasteiger partial charge < -0.3 is 24.8 Å². The molecule has 2 amide bonds. The van der Waals surface area contributed by atoms with Gasteiger partial charge in [0.05, 0.1) is 57.3 Å². The number of hydrogen-bond acceptors (Lipinski definition) is 7. The zero-order chi connectivity index (χ0) is 21.2. The first-order chi connectivity index (χ1) is 14.0. The molecule has 0 unspecified atom stereocenters. The third kappa shape index (κ3) is 6.52. The molecule has 2 N–H and O–H groups in total. The van der Waals surface area contributed by atoms with Crippen LogP contribution in [-0.2, 0) is 19.1 Å². The normalized spacial score (nSPS) is 10.3. The van der Waals surface area contributed by atoms with E-state index in [-0.39, 0.29) is 12.8 Å². The van der Waals surface area contributed by atoms with Gasteiger partial charge in [0.15, 0.2) is 0 Å². The van der Waals surface area contributed by atoms with E-state index in [1.165, 1.54) is 31.3 Å². The summed E-state index contributed by atoms with van der Waals surface area (Å²) in [4.78, 5) is 35.6. The SMILES string of the molecule is CCOc1ccccc1NC(=O)Nc1cnn(C(CC(=O)OC)CC(=O)OC)c1. The number of amides is 2. The minimum Gasteiger partial charge on any atom is -0.492 e. The molecule has 2 aromatic rings. The van der Waals surface area contributed by atoms with Crippen molar-refractivity contribution in [3.63, 3.8) is 0 Å². The lowest BCUT2D eigenvalue weighted by Crippen LogP contribution is -2.20. The molecule has 0 saturated carbocycles. The standard InChI is InChI=1S/C19H24N4O6/c1-4-29-16-8-6-5-7-15(16)22-19(26)21-13-11-20-23(12-13)14(9-17(24)27-2)10-18(25)28-3/h5-8,11-12,14H,4,9-10H2,1-3H3,(H2,21,22,26). The Bertz CT molecular complexity index is 833. The topological polar surface area (TPSA) is 121 Å². The minimum absolute atomic E-state index is 0.0688. The molecule has 0 aliphatic heterocycles. The van der Waals surface area contributed by atoms with Crippen LogP contribution in [-0.4, -0.2) is 48.6 Å². The summed E-state index contributed by atoms with van der Waals surface area (Å²) in [7, 11) is 2.52. The summed E-state index contributed by atoms with van der Waals surface area (Å²) in [5.41, 5.74) is 0.907. The maximum atomic E-state index is 12.3. The summed E-state index contributed by atoms with van der Waals surface area (Å²) in [6.07, 6.45) is 2.79. The number of carbonyl (C=O) groups is 3. The molecule has 29 heavy (non-hydrogen) atoms. The average molecular weight is 404 g/mol. The third-order valence-electron chi connectivity index (χ3n) is 3.93. The van der Waals surface area contributed by atoms with Gasteiger partial charge in [-0.15, -0.1) is 0 Å². The zero-order valence-corrected chi connectivity index (χ0v) is 16.5. The predicted molar refractivity (Wildman–Crippen MR) is 105 cm³/mol. The van der Waals surface area contributed by atoms with Crippen molar-refractivity contribution in [1.82, 2.24) is 9.78 Å². The third-order valence-corrected chi connectivity index (χ3v) is 3.93. The lowest BCUT2D eigenvalue weighted by atomic mass is 10.1. The lowest BCUT2D eigenvalue weighted by Gasteiger charge is -2.15. The molecule has 0 saturated heterocycles. The number of urea groups is 1. The van der Waals surface area contributed by atoms with E-state index in [0.29, 0.717) is 23.7 Å². The van der Waals surface area contributed by atoms with Crippen LogP contribution in [0.25, 0.3) is 0 Å². The van der Waals surface area contributed by atoms with E-state index in [1.807, 2.05) is 6.92 Å². The first-order valence-electron chi connectivity index (χ1n) is 8.94. The van der Waals surface area contributed by atoms with Crippen LogP contribution in [0.3, 0.4) is 0 Å². The number of rotatable bonds is 9. The second kappa shape index (κ2) is 10.7. The van der Waals surface area contributed by atoms with Gasteiger partial charge in [-0.25, -0.2) is 4.79 Å². The summed E-state index contributed by atoms with van der Waals surface area (Å²) >= 11 is 0. The van der Waals surface area contributed by atoms with Gasteiger partial charge in [0, 0.05) is 6.20 Å². The Hall–Kier alpha value is -3.56. The number of ether oxygens (including phenoxy) is 3. The number of methoxy groups -OCH3 is 2. The monoisotopic (exact) mass is 404 g/mol. The Labute approximate surface area is 168 Å². The predicted octanol–water partition coefficient (Wildman–Crippen LogP) is 2.59. The number of para-hydroxylation sites is 2. The fourth-order valence-electron chi connectivity index (χ4n) is 2.55. The van der Waals surface area contributed by atoms with Gasteiger partial charge in [-0.3, -0.25) is 14.3 Å². The van der Waals surface area contributed by atoms with Crippen molar-refractivity contribution in [3.05, 3.63) is 36.7 Å². The summed E-state index contributed by atoms with van der Waals surface area (Å²) in [5, 5.41) is 9.49. The van der Waals surface area contributed by atoms with Crippen molar-refractivity contribution in [2.45, 2.75) is 25.8 Å². The zero-order valence-electron chi connectivity index (χ0n) is 16.5. The summed E-state index contributed by atoms with van der Waals surface area (Å²) in [5.74, 6) is -0.430. The average Bonchev–Trinajstić information content (AvgIpc) is 3.17. The molecule has 0 fully saturated rings. The van der Waals surface area contributed by atoms with E-state index in [2.05, 4.69) is 25.2 Å². The van der Waals surface area contributed by atoms with Gasteiger partial charge >= 0.3 is 18.0 Å². The Balaban J connectivity index is 2.06. The molecule has 1 aromatic heterocycles. The van der Waals surface area contributed by atoms with Crippen molar-refractivity contribution in [3.8, 4) is 5.75 Å². The van der Waals surface area contributed by atoms with Crippen LogP contribution >= 0.6 is 0 Å². The quantitative estimate of drug-likeness (QED) is 0.616. The van der Waals surface area contributed by atoms with E-state index in [9.17, 15) is 14.4 Å². The molecule has 0 aliphatic rings. The largest absolute Gasteiger partial charge is 0.492 e. The summed E-state index contributed by atoms with van der Waals surface area (Å²) in [6, 6.07) is 5.96. The number of esters is 2. The first-order valence-corrected chi connectivity index (χ1v) is 8.94. The van der Waals surface area contributed by atoms with Gasteiger partial charge in [0.1, 0.15) is 5.75 Å². The molecular formula is C19H24N4O6. The fourth-order valence-corrected chi connectivity index (χ4v) is 2.55. The van der Waals surface area contributed by atoms with Gasteiger partial charge in [-0.2, -0.15) is 5.10 Å². The van der Waals surface area contributed by atoms with Crippen molar-refractivity contribution in [2.75, 3.05) is 31.5 Å². The van der Waals surface area contributed by atoms with E-state index in [4.69, 9.17) is 4.74 Å². The van der Waals surface area contributed by atoms with Gasteiger partial charge in [0.2, 0.25) is 0 Å². The Morgan fingerprint density at radius 1 is 1.07 bits per heavy atom. The smallest absolute Gasteiger partial charge is 0.323 e. The van der Waals surface area contributed by atoms with Gasteiger partial charge in [-0.1, -0.05) is 12.1 Å². The molecule has 1 heterocycles. The van der Waals surface area contributed by atoms with E-state index in [0.717, 1.165) is 0 Å². The van der Waals surface area contributed by atoms with E-state index in [1.54, 1.807) is 24.3 Å². The molecule has 0 radical (unpaired) electrons. The van der Waals surface area contributed by atoms with Crippen LogP contribution in [0.5, 0.6) is 5.75 Å². The number of carbonyl (C=O) groups excluding carboxylic acids is 3. The number of nitrogens with one attached hydrogen (secondary N) is 2. The van der Waals surface area contributed by atoms with Gasteiger partial charge in [-0.05, 0) is 19.1 Å². The lowest BCUT2D eigenvalue weighted by molar-refractivity contribution is -0.144. The molecule has 0 aliphatic carbocycles. The number of anilines is 2. The Morgan fingerprint density at radius 2 is 1.72 bits per heavy atom.